The second-order valence-electron chi connectivity index (χ2n) is 8.76. The molecule has 5 nitrogen and oxygen atoms in total. The maximum atomic E-state index is 13.5. The number of halogens is 2. The highest BCUT2D eigenvalue weighted by atomic mass is 19.1. The standard InChI is InChI=1S/C29H26F2N2O3/c1-18(19-6-11-24(30)12-7-19)32-29(36)22-10-15-26-23(17-22)16-21(4-2-3-5-27(34)35)28(33-26)20-8-13-25(31)14-9-20/h6-18H,2-5H2,1H3,(H,32,36)(H,34,35)/t18-/m0/s1. The summed E-state index contributed by atoms with van der Waals surface area (Å²) in [6.45, 7) is 1.83. The summed E-state index contributed by atoms with van der Waals surface area (Å²) in [7, 11) is 0. The van der Waals surface area contributed by atoms with E-state index in [1.807, 2.05) is 13.0 Å². The lowest BCUT2D eigenvalue weighted by atomic mass is 9.98. The van der Waals surface area contributed by atoms with Crippen molar-refractivity contribution >= 4 is 22.8 Å². The van der Waals surface area contributed by atoms with Crippen LogP contribution < -0.4 is 5.32 Å². The molecule has 0 bridgehead atoms. The fourth-order valence-electron chi connectivity index (χ4n) is 4.12. The molecule has 2 N–H and O–H groups in total. The Labute approximate surface area is 207 Å². The molecule has 0 unspecified atom stereocenters. The number of amides is 1. The molecule has 1 amide bonds. The molecule has 0 aliphatic carbocycles. The van der Waals surface area contributed by atoms with Crippen molar-refractivity contribution in [1.29, 1.82) is 0 Å². The van der Waals surface area contributed by atoms with Crippen LogP contribution in [0.15, 0.2) is 72.8 Å². The van der Waals surface area contributed by atoms with Gasteiger partial charge in [-0.25, -0.2) is 13.8 Å². The van der Waals surface area contributed by atoms with Crippen LogP contribution in [0.3, 0.4) is 0 Å². The van der Waals surface area contributed by atoms with Crippen LogP contribution >= 0.6 is 0 Å². The number of unbranched alkanes of at least 4 members (excludes halogenated alkanes) is 1. The predicted molar refractivity (Wildman–Crippen MR) is 135 cm³/mol. The number of nitrogens with one attached hydrogen (secondary N) is 1. The quantitative estimate of drug-likeness (QED) is 0.265. The van der Waals surface area contributed by atoms with Crippen molar-refractivity contribution in [3.63, 3.8) is 0 Å². The number of rotatable bonds is 9. The van der Waals surface area contributed by atoms with Crippen molar-refractivity contribution < 1.29 is 23.5 Å². The summed E-state index contributed by atoms with van der Waals surface area (Å²) in [5.41, 5.74) is 4.31. The summed E-state index contributed by atoms with van der Waals surface area (Å²) in [5.74, 6) is -1.78. The zero-order valence-electron chi connectivity index (χ0n) is 19.8. The van der Waals surface area contributed by atoms with Gasteiger partial charge in [0.2, 0.25) is 0 Å². The molecule has 36 heavy (non-hydrogen) atoms. The third kappa shape index (κ3) is 6.10. The van der Waals surface area contributed by atoms with Crippen molar-refractivity contribution in [2.75, 3.05) is 0 Å². The second-order valence-corrected chi connectivity index (χ2v) is 8.76. The fraction of sp³-hybridized carbons (Fsp3) is 0.207. The SMILES string of the molecule is C[C@H](NC(=O)c1ccc2nc(-c3ccc(F)cc3)c(CCCCC(=O)O)cc2c1)c1ccc(F)cc1. The Balaban J connectivity index is 1.62. The minimum atomic E-state index is -0.837. The first-order chi connectivity index (χ1) is 17.3. The Morgan fingerprint density at radius 3 is 2.25 bits per heavy atom. The van der Waals surface area contributed by atoms with E-state index >= 15 is 0 Å². The lowest BCUT2D eigenvalue weighted by molar-refractivity contribution is -0.137. The van der Waals surface area contributed by atoms with Crippen LogP contribution in [0.1, 0.15) is 53.7 Å². The minimum absolute atomic E-state index is 0.0868. The largest absolute Gasteiger partial charge is 0.481 e. The Hall–Kier alpha value is -4.13. The molecular weight excluding hydrogens is 462 g/mol. The van der Waals surface area contributed by atoms with E-state index in [9.17, 15) is 18.4 Å². The van der Waals surface area contributed by atoms with Crippen LogP contribution in [0.5, 0.6) is 0 Å². The van der Waals surface area contributed by atoms with Gasteiger partial charge in [0.05, 0.1) is 17.3 Å². The molecule has 3 aromatic carbocycles. The molecule has 0 saturated carbocycles. The van der Waals surface area contributed by atoms with Gasteiger partial charge in [-0.2, -0.15) is 0 Å². The predicted octanol–water partition coefficient (Wildman–Crippen LogP) is 6.47. The van der Waals surface area contributed by atoms with Gasteiger partial charge in [-0.3, -0.25) is 9.59 Å². The van der Waals surface area contributed by atoms with Crippen molar-refractivity contribution in [2.45, 2.75) is 38.6 Å². The van der Waals surface area contributed by atoms with Crippen LogP contribution in [-0.4, -0.2) is 22.0 Å². The van der Waals surface area contributed by atoms with Crippen molar-refractivity contribution in [2.24, 2.45) is 0 Å². The number of carbonyl (C=O) groups is 2. The van der Waals surface area contributed by atoms with E-state index in [4.69, 9.17) is 10.1 Å². The highest BCUT2D eigenvalue weighted by Gasteiger charge is 2.15. The maximum Gasteiger partial charge on any atom is 0.303 e. The topological polar surface area (TPSA) is 79.3 Å². The Kier molecular flexibility index (Phi) is 7.68. The summed E-state index contributed by atoms with van der Waals surface area (Å²) in [6.07, 6.45) is 1.87. The molecule has 0 aliphatic rings. The van der Waals surface area contributed by atoms with Gasteiger partial charge < -0.3 is 10.4 Å². The molecule has 1 aromatic heterocycles. The van der Waals surface area contributed by atoms with Crippen molar-refractivity contribution in [3.05, 3.63) is 101 Å². The Morgan fingerprint density at radius 2 is 1.58 bits per heavy atom. The average molecular weight is 489 g/mol. The number of aliphatic carboxylic acids is 1. The van der Waals surface area contributed by atoms with Crippen LogP contribution in [0.4, 0.5) is 8.78 Å². The van der Waals surface area contributed by atoms with Gasteiger partial charge in [-0.1, -0.05) is 12.1 Å². The molecule has 0 fully saturated rings. The first-order valence-electron chi connectivity index (χ1n) is 11.8. The van der Waals surface area contributed by atoms with Gasteiger partial charge in [0.15, 0.2) is 0 Å². The lowest BCUT2D eigenvalue weighted by Gasteiger charge is -2.15. The van der Waals surface area contributed by atoms with Gasteiger partial charge in [-0.05, 0) is 98.0 Å². The number of pyridine rings is 1. The monoisotopic (exact) mass is 488 g/mol. The zero-order chi connectivity index (χ0) is 25.7. The Bertz CT molecular complexity index is 1390. The van der Waals surface area contributed by atoms with E-state index in [1.165, 1.54) is 24.3 Å². The van der Waals surface area contributed by atoms with E-state index in [0.29, 0.717) is 36.0 Å². The van der Waals surface area contributed by atoms with Crippen molar-refractivity contribution in [1.82, 2.24) is 10.3 Å². The van der Waals surface area contributed by atoms with Gasteiger partial charge in [0.1, 0.15) is 11.6 Å². The third-order valence-corrected chi connectivity index (χ3v) is 6.08. The summed E-state index contributed by atoms with van der Waals surface area (Å²) in [4.78, 5) is 28.6. The molecule has 0 spiro atoms. The van der Waals surface area contributed by atoms with E-state index < -0.39 is 5.97 Å². The normalized spacial score (nSPS) is 11.9. The highest BCUT2D eigenvalue weighted by molar-refractivity contribution is 5.98. The first kappa shape index (κ1) is 25.0. The summed E-state index contributed by atoms with van der Waals surface area (Å²) < 4.78 is 26.7. The molecule has 0 saturated heterocycles. The molecular formula is C29H26F2N2O3. The van der Waals surface area contributed by atoms with Gasteiger partial charge in [-0.15, -0.1) is 0 Å². The Morgan fingerprint density at radius 1 is 0.917 bits per heavy atom. The fourth-order valence-corrected chi connectivity index (χ4v) is 4.12. The molecule has 4 rings (SSSR count). The summed E-state index contributed by atoms with van der Waals surface area (Å²) in [6, 6.07) is 19.0. The van der Waals surface area contributed by atoms with E-state index in [1.54, 1.807) is 42.5 Å². The number of hydrogen-bond donors (Lipinski definition) is 2. The van der Waals surface area contributed by atoms with Crippen LogP contribution in [-0.2, 0) is 11.2 Å². The third-order valence-electron chi connectivity index (χ3n) is 6.08. The van der Waals surface area contributed by atoms with Crippen molar-refractivity contribution in [3.8, 4) is 11.3 Å². The maximum absolute atomic E-state index is 13.5. The smallest absolute Gasteiger partial charge is 0.303 e. The number of nitrogens with zero attached hydrogens (tertiary/aromatic N) is 1. The molecule has 1 heterocycles. The number of aromatic nitrogens is 1. The molecule has 0 aliphatic heterocycles. The molecule has 7 heteroatoms. The summed E-state index contributed by atoms with van der Waals surface area (Å²) in [5, 5.41) is 12.6. The lowest BCUT2D eigenvalue weighted by Crippen LogP contribution is -2.26. The molecule has 1 atom stereocenters. The molecule has 0 radical (unpaired) electrons. The van der Waals surface area contributed by atoms with Gasteiger partial charge >= 0.3 is 5.97 Å². The first-order valence-corrected chi connectivity index (χ1v) is 11.8. The minimum Gasteiger partial charge on any atom is -0.481 e. The molecule has 4 aromatic rings. The second kappa shape index (κ2) is 11.1. The number of benzene rings is 3. The van der Waals surface area contributed by atoms with Gasteiger partial charge in [0.25, 0.3) is 5.91 Å². The van der Waals surface area contributed by atoms with E-state index in [-0.39, 0.29) is 30.0 Å². The number of carboxylic acid groups (broad SMARTS) is 1. The van der Waals surface area contributed by atoms with Gasteiger partial charge in [0, 0.05) is 22.9 Å². The summed E-state index contributed by atoms with van der Waals surface area (Å²) >= 11 is 0. The zero-order valence-corrected chi connectivity index (χ0v) is 19.8. The van der Waals surface area contributed by atoms with Crippen LogP contribution in [0.25, 0.3) is 22.2 Å². The number of carboxylic acids is 1. The average Bonchev–Trinajstić information content (AvgIpc) is 2.86. The highest BCUT2D eigenvalue weighted by Crippen LogP contribution is 2.28. The number of carbonyl (C=O) groups excluding carboxylic acids is 1. The van der Waals surface area contributed by atoms with Crippen LogP contribution in [0, 0.1) is 11.6 Å². The van der Waals surface area contributed by atoms with Crippen LogP contribution in [0.2, 0.25) is 0 Å². The number of aryl methyl sites for hydroxylation is 1. The molecule has 184 valence electrons. The number of hydrogen-bond acceptors (Lipinski definition) is 3. The van der Waals surface area contributed by atoms with E-state index in [2.05, 4.69) is 5.32 Å². The number of fused-ring (bicyclic) bond motifs is 1. The van der Waals surface area contributed by atoms with E-state index in [0.717, 1.165) is 22.1 Å².